The summed E-state index contributed by atoms with van der Waals surface area (Å²) in [6, 6.07) is 3.14. The lowest BCUT2D eigenvalue weighted by Gasteiger charge is -2.01. The fourth-order valence-electron chi connectivity index (χ4n) is 1.28. The van der Waals surface area contributed by atoms with Gasteiger partial charge in [0.15, 0.2) is 5.82 Å². The maximum atomic E-state index is 12.9. The van der Waals surface area contributed by atoms with Crippen molar-refractivity contribution in [3.8, 4) is 11.4 Å². The van der Waals surface area contributed by atoms with Gasteiger partial charge in [0.05, 0.1) is 0 Å². The lowest BCUT2D eigenvalue weighted by Crippen LogP contribution is -1.99. The highest BCUT2D eigenvalue weighted by molar-refractivity contribution is 5.56. The van der Waals surface area contributed by atoms with Gasteiger partial charge in [-0.25, -0.2) is 8.78 Å². The standard InChI is InChI=1S/C9H8F2N4/c1-15-8(13-14-9(15)12)5-2-6(10)4-7(11)3-5/h2-4H,1H3,(H2,12,14). The monoisotopic (exact) mass is 210 g/mol. The molecule has 0 aliphatic rings. The van der Waals surface area contributed by atoms with E-state index in [-0.39, 0.29) is 5.95 Å². The third-order valence-electron chi connectivity index (χ3n) is 2.03. The van der Waals surface area contributed by atoms with Gasteiger partial charge in [-0.15, -0.1) is 10.2 Å². The van der Waals surface area contributed by atoms with Crippen LogP contribution in [-0.4, -0.2) is 14.8 Å². The zero-order chi connectivity index (χ0) is 11.0. The third kappa shape index (κ3) is 1.65. The molecule has 6 heteroatoms. The van der Waals surface area contributed by atoms with Gasteiger partial charge in [-0.05, 0) is 12.1 Å². The van der Waals surface area contributed by atoms with E-state index in [0.29, 0.717) is 11.4 Å². The van der Waals surface area contributed by atoms with Gasteiger partial charge in [-0.3, -0.25) is 4.57 Å². The third-order valence-corrected chi connectivity index (χ3v) is 2.03. The normalized spacial score (nSPS) is 10.6. The number of halogens is 2. The Kier molecular flexibility index (Phi) is 2.11. The van der Waals surface area contributed by atoms with Gasteiger partial charge >= 0.3 is 0 Å². The van der Waals surface area contributed by atoms with Crippen LogP contribution in [0.3, 0.4) is 0 Å². The topological polar surface area (TPSA) is 56.7 Å². The molecular formula is C9H8F2N4. The summed E-state index contributed by atoms with van der Waals surface area (Å²) >= 11 is 0. The Bertz CT molecular complexity index is 487. The molecule has 2 aromatic rings. The molecule has 0 bridgehead atoms. The zero-order valence-electron chi connectivity index (χ0n) is 7.91. The number of nitrogens with two attached hydrogens (primary N) is 1. The van der Waals surface area contributed by atoms with Crippen LogP contribution in [0.4, 0.5) is 14.7 Å². The van der Waals surface area contributed by atoms with E-state index in [1.807, 2.05) is 0 Å². The average Bonchev–Trinajstić information content (AvgIpc) is 2.46. The summed E-state index contributed by atoms with van der Waals surface area (Å²) in [5.41, 5.74) is 5.76. The van der Waals surface area contributed by atoms with Crippen LogP contribution in [-0.2, 0) is 7.05 Å². The molecule has 0 aliphatic heterocycles. The van der Waals surface area contributed by atoms with E-state index < -0.39 is 11.6 Å². The maximum absolute atomic E-state index is 12.9. The van der Waals surface area contributed by atoms with Crippen LogP contribution >= 0.6 is 0 Å². The van der Waals surface area contributed by atoms with Gasteiger partial charge < -0.3 is 5.73 Å². The second kappa shape index (κ2) is 3.30. The number of benzene rings is 1. The highest BCUT2D eigenvalue weighted by Crippen LogP contribution is 2.20. The smallest absolute Gasteiger partial charge is 0.222 e. The Morgan fingerprint density at radius 3 is 2.20 bits per heavy atom. The first-order chi connectivity index (χ1) is 7.08. The second-order valence-electron chi connectivity index (χ2n) is 3.10. The van der Waals surface area contributed by atoms with Crippen molar-refractivity contribution in [3.05, 3.63) is 29.8 Å². The van der Waals surface area contributed by atoms with Crippen LogP contribution in [0.25, 0.3) is 11.4 Å². The largest absolute Gasteiger partial charge is 0.368 e. The van der Waals surface area contributed by atoms with Crippen molar-refractivity contribution in [2.24, 2.45) is 7.05 Å². The van der Waals surface area contributed by atoms with E-state index in [9.17, 15) is 8.78 Å². The highest BCUT2D eigenvalue weighted by atomic mass is 19.1. The van der Waals surface area contributed by atoms with E-state index in [4.69, 9.17) is 5.73 Å². The quantitative estimate of drug-likeness (QED) is 0.772. The van der Waals surface area contributed by atoms with Crippen LogP contribution in [0.1, 0.15) is 0 Å². The Labute approximate surface area is 84.4 Å². The average molecular weight is 210 g/mol. The summed E-state index contributed by atoms with van der Waals surface area (Å²) in [7, 11) is 1.62. The van der Waals surface area contributed by atoms with Crippen LogP contribution in [0.15, 0.2) is 18.2 Å². The SMILES string of the molecule is Cn1c(N)nnc1-c1cc(F)cc(F)c1. The van der Waals surface area contributed by atoms with Crippen LogP contribution in [0, 0.1) is 11.6 Å². The van der Waals surface area contributed by atoms with E-state index in [1.54, 1.807) is 7.05 Å². The van der Waals surface area contributed by atoms with Crippen molar-refractivity contribution in [1.82, 2.24) is 14.8 Å². The van der Waals surface area contributed by atoms with E-state index >= 15 is 0 Å². The van der Waals surface area contributed by atoms with Gasteiger partial charge in [0.25, 0.3) is 0 Å². The number of hydrogen-bond donors (Lipinski definition) is 1. The van der Waals surface area contributed by atoms with Crippen molar-refractivity contribution >= 4 is 5.95 Å². The fraction of sp³-hybridized carbons (Fsp3) is 0.111. The molecule has 78 valence electrons. The van der Waals surface area contributed by atoms with Crippen LogP contribution in [0.5, 0.6) is 0 Å². The summed E-state index contributed by atoms with van der Waals surface area (Å²) in [5.74, 6) is -0.807. The first-order valence-electron chi connectivity index (χ1n) is 4.19. The minimum Gasteiger partial charge on any atom is -0.368 e. The fourth-order valence-corrected chi connectivity index (χ4v) is 1.28. The molecule has 15 heavy (non-hydrogen) atoms. The summed E-state index contributed by atoms with van der Waals surface area (Å²) in [6.45, 7) is 0. The van der Waals surface area contributed by atoms with E-state index in [0.717, 1.165) is 6.07 Å². The highest BCUT2D eigenvalue weighted by Gasteiger charge is 2.10. The molecule has 0 saturated heterocycles. The van der Waals surface area contributed by atoms with Gasteiger partial charge in [-0.2, -0.15) is 0 Å². The molecule has 0 spiro atoms. The molecule has 1 aromatic heterocycles. The minimum atomic E-state index is -0.661. The van der Waals surface area contributed by atoms with Crippen molar-refractivity contribution in [1.29, 1.82) is 0 Å². The summed E-state index contributed by atoms with van der Waals surface area (Å²) in [6.07, 6.45) is 0. The Morgan fingerprint density at radius 2 is 1.73 bits per heavy atom. The van der Waals surface area contributed by atoms with Crippen molar-refractivity contribution in [2.75, 3.05) is 5.73 Å². The van der Waals surface area contributed by atoms with Gasteiger partial charge in [0.2, 0.25) is 5.95 Å². The van der Waals surface area contributed by atoms with Crippen molar-refractivity contribution in [2.45, 2.75) is 0 Å². The molecule has 0 amide bonds. The molecule has 1 heterocycles. The number of aromatic nitrogens is 3. The second-order valence-corrected chi connectivity index (χ2v) is 3.10. The van der Waals surface area contributed by atoms with Gasteiger partial charge in [-0.1, -0.05) is 0 Å². The van der Waals surface area contributed by atoms with Crippen LogP contribution in [0.2, 0.25) is 0 Å². The molecule has 0 radical (unpaired) electrons. The molecule has 0 aliphatic carbocycles. The predicted octanol–water partition coefficient (Wildman–Crippen LogP) is 1.34. The first-order valence-corrected chi connectivity index (χ1v) is 4.19. The Hall–Kier alpha value is -1.98. The number of nitrogens with zero attached hydrogens (tertiary/aromatic N) is 3. The molecule has 2 rings (SSSR count). The lowest BCUT2D eigenvalue weighted by atomic mass is 10.2. The minimum absolute atomic E-state index is 0.190. The molecule has 0 unspecified atom stereocenters. The van der Waals surface area contributed by atoms with Crippen LogP contribution < -0.4 is 5.73 Å². The van der Waals surface area contributed by atoms with Crippen molar-refractivity contribution < 1.29 is 8.78 Å². The van der Waals surface area contributed by atoms with Crippen molar-refractivity contribution in [3.63, 3.8) is 0 Å². The lowest BCUT2D eigenvalue weighted by molar-refractivity contribution is 0.583. The molecule has 2 N–H and O–H groups in total. The molecule has 0 atom stereocenters. The molecule has 1 aromatic carbocycles. The summed E-state index contributed by atoms with van der Waals surface area (Å²) in [4.78, 5) is 0. The number of hydrogen-bond acceptors (Lipinski definition) is 3. The molecular weight excluding hydrogens is 202 g/mol. The number of rotatable bonds is 1. The van der Waals surface area contributed by atoms with Gasteiger partial charge in [0, 0.05) is 18.7 Å². The number of nitrogen functional groups attached to an aromatic ring is 1. The summed E-state index contributed by atoms with van der Waals surface area (Å²) in [5, 5.41) is 7.32. The molecule has 0 fully saturated rings. The summed E-state index contributed by atoms with van der Waals surface area (Å²) < 4.78 is 27.3. The predicted molar refractivity (Wildman–Crippen MR) is 50.8 cm³/mol. The van der Waals surface area contributed by atoms with E-state index in [1.165, 1.54) is 16.7 Å². The zero-order valence-corrected chi connectivity index (χ0v) is 7.91. The molecule has 0 saturated carbocycles. The van der Waals surface area contributed by atoms with Gasteiger partial charge in [0.1, 0.15) is 11.6 Å². The molecule has 4 nitrogen and oxygen atoms in total. The first kappa shape index (κ1) is 9.57. The van der Waals surface area contributed by atoms with E-state index in [2.05, 4.69) is 10.2 Å². The maximum Gasteiger partial charge on any atom is 0.222 e. The Morgan fingerprint density at radius 1 is 1.13 bits per heavy atom. The Balaban J connectivity index is 2.58. The number of anilines is 1.